The molecule has 2 aromatic rings. The first-order valence-corrected chi connectivity index (χ1v) is 10.1. The van der Waals surface area contributed by atoms with Crippen LogP contribution < -0.4 is 10.5 Å². The minimum atomic E-state index is 0.0599. The second kappa shape index (κ2) is 6.92. The SMILES string of the molecule is Cc1ccsc1CN1CCc2c(nc(N3CCCC[C@@H]3C)[nH]c2=O)C1. The molecule has 4 heterocycles. The topological polar surface area (TPSA) is 52.2 Å². The van der Waals surface area contributed by atoms with Gasteiger partial charge in [0.2, 0.25) is 5.95 Å². The van der Waals surface area contributed by atoms with Crippen LogP contribution in [0, 0.1) is 6.92 Å². The van der Waals surface area contributed by atoms with Crippen molar-refractivity contribution in [2.24, 2.45) is 0 Å². The van der Waals surface area contributed by atoms with Gasteiger partial charge in [0.25, 0.3) is 5.56 Å². The van der Waals surface area contributed by atoms with E-state index in [2.05, 4.69) is 40.1 Å². The van der Waals surface area contributed by atoms with E-state index in [9.17, 15) is 4.79 Å². The predicted molar refractivity (Wildman–Crippen MR) is 102 cm³/mol. The van der Waals surface area contributed by atoms with Crippen molar-refractivity contribution in [3.63, 3.8) is 0 Å². The van der Waals surface area contributed by atoms with Gasteiger partial charge in [-0.3, -0.25) is 14.7 Å². The number of thiophene rings is 1. The Morgan fingerprint density at radius 2 is 2.24 bits per heavy atom. The number of nitrogens with zero attached hydrogens (tertiary/aromatic N) is 3. The summed E-state index contributed by atoms with van der Waals surface area (Å²) in [5, 5.41) is 2.15. The van der Waals surface area contributed by atoms with Crippen molar-refractivity contribution >= 4 is 17.3 Å². The van der Waals surface area contributed by atoms with Crippen LogP contribution in [0.5, 0.6) is 0 Å². The lowest BCUT2D eigenvalue weighted by Gasteiger charge is -2.35. The van der Waals surface area contributed by atoms with E-state index in [0.717, 1.165) is 49.8 Å². The fourth-order valence-corrected chi connectivity index (χ4v) is 4.88. The summed E-state index contributed by atoms with van der Waals surface area (Å²) >= 11 is 1.82. The molecule has 1 fully saturated rings. The van der Waals surface area contributed by atoms with Crippen LogP contribution in [0.15, 0.2) is 16.2 Å². The first-order chi connectivity index (χ1) is 12.1. The van der Waals surface area contributed by atoms with E-state index in [-0.39, 0.29) is 5.56 Å². The fourth-order valence-electron chi connectivity index (χ4n) is 3.93. The molecule has 6 heteroatoms. The van der Waals surface area contributed by atoms with Crippen molar-refractivity contribution < 1.29 is 0 Å². The summed E-state index contributed by atoms with van der Waals surface area (Å²) in [7, 11) is 0. The Kier molecular flexibility index (Phi) is 4.65. The molecule has 2 aromatic heterocycles. The summed E-state index contributed by atoms with van der Waals surface area (Å²) in [6.07, 6.45) is 4.40. The average molecular weight is 359 g/mol. The quantitative estimate of drug-likeness (QED) is 0.916. The summed E-state index contributed by atoms with van der Waals surface area (Å²) < 4.78 is 0. The molecule has 0 aliphatic carbocycles. The van der Waals surface area contributed by atoms with E-state index in [0.29, 0.717) is 6.04 Å². The van der Waals surface area contributed by atoms with Crippen molar-refractivity contribution in [2.75, 3.05) is 18.0 Å². The monoisotopic (exact) mass is 358 g/mol. The molecule has 5 nitrogen and oxygen atoms in total. The van der Waals surface area contributed by atoms with Gasteiger partial charge in [0.1, 0.15) is 0 Å². The zero-order valence-electron chi connectivity index (χ0n) is 15.0. The first kappa shape index (κ1) is 16.8. The Hall–Kier alpha value is -1.66. The second-order valence-electron chi connectivity index (χ2n) is 7.34. The zero-order chi connectivity index (χ0) is 17.4. The standard InChI is InChI=1S/C19H26N4OS/c1-13-7-10-25-17(13)12-22-9-6-15-16(11-22)20-19(21-18(15)24)23-8-4-3-5-14(23)2/h7,10,14H,3-6,8-9,11-12H2,1-2H3,(H,20,21,24)/t14-/m0/s1. The predicted octanol–water partition coefficient (Wildman–Crippen LogP) is 3.08. The number of aromatic amines is 1. The van der Waals surface area contributed by atoms with Crippen molar-refractivity contribution in [3.05, 3.63) is 43.5 Å². The minimum absolute atomic E-state index is 0.0599. The number of hydrogen-bond acceptors (Lipinski definition) is 5. The molecule has 0 saturated carbocycles. The summed E-state index contributed by atoms with van der Waals surface area (Å²) in [6, 6.07) is 2.62. The van der Waals surface area contributed by atoms with Crippen LogP contribution in [0.1, 0.15) is 47.9 Å². The van der Waals surface area contributed by atoms with Crippen LogP contribution in [0.3, 0.4) is 0 Å². The van der Waals surface area contributed by atoms with E-state index in [1.54, 1.807) is 0 Å². The summed E-state index contributed by atoms with van der Waals surface area (Å²) in [5.74, 6) is 0.769. The van der Waals surface area contributed by atoms with E-state index in [1.165, 1.54) is 29.7 Å². The van der Waals surface area contributed by atoms with E-state index < -0.39 is 0 Å². The van der Waals surface area contributed by atoms with Gasteiger partial charge in [-0.05, 0) is 56.5 Å². The van der Waals surface area contributed by atoms with Crippen molar-refractivity contribution in [1.29, 1.82) is 0 Å². The van der Waals surface area contributed by atoms with Crippen LogP contribution in [-0.4, -0.2) is 34.0 Å². The number of aryl methyl sites for hydroxylation is 1. The van der Waals surface area contributed by atoms with Gasteiger partial charge in [0.15, 0.2) is 0 Å². The van der Waals surface area contributed by atoms with Crippen LogP contribution in [0.2, 0.25) is 0 Å². The van der Waals surface area contributed by atoms with Gasteiger partial charge in [-0.1, -0.05) is 0 Å². The summed E-state index contributed by atoms with van der Waals surface area (Å²) in [5.41, 5.74) is 3.27. The molecule has 0 amide bonds. The molecule has 2 aliphatic rings. The molecule has 1 atom stereocenters. The number of nitrogens with one attached hydrogen (secondary N) is 1. The molecule has 1 N–H and O–H groups in total. The molecule has 0 spiro atoms. The molecule has 4 rings (SSSR count). The van der Waals surface area contributed by atoms with Crippen molar-refractivity contribution in [2.45, 2.75) is 58.7 Å². The lowest BCUT2D eigenvalue weighted by atomic mass is 10.0. The van der Waals surface area contributed by atoms with Crippen molar-refractivity contribution in [3.8, 4) is 0 Å². The lowest BCUT2D eigenvalue weighted by molar-refractivity contribution is 0.242. The highest BCUT2D eigenvalue weighted by Crippen LogP contribution is 2.25. The second-order valence-corrected chi connectivity index (χ2v) is 8.34. The smallest absolute Gasteiger partial charge is 0.255 e. The zero-order valence-corrected chi connectivity index (χ0v) is 15.9. The number of piperidine rings is 1. The highest BCUT2D eigenvalue weighted by Gasteiger charge is 2.25. The molecule has 0 unspecified atom stereocenters. The van der Waals surface area contributed by atoms with Gasteiger partial charge in [0, 0.05) is 42.7 Å². The maximum atomic E-state index is 12.6. The Morgan fingerprint density at radius 3 is 3.00 bits per heavy atom. The Balaban J connectivity index is 1.58. The fraction of sp³-hybridized carbons (Fsp3) is 0.579. The van der Waals surface area contributed by atoms with E-state index in [1.807, 2.05) is 11.3 Å². The van der Waals surface area contributed by atoms with Crippen LogP contribution in [-0.2, 0) is 19.5 Å². The first-order valence-electron chi connectivity index (χ1n) is 9.26. The highest BCUT2D eigenvalue weighted by atomic mass is 32.1. The third kappa shape index (κ3) is 3.37. The maximum Gasteiger partial charge on any atom is 0.255 e. The molecule has 2 aliphatic heterocycles. The molecular formula is C19H26N4OS. The van der Waals surface area contributed by atoms with Gasteiger partial charge in [-0.2, -0.15) is 0 Å². The van der Waals surface area contributed by atoms with Gasteiger partial charge >= 0.3 is 0 Å². The Labute approximate surface area is 152 Å². The molecule has 134 valence electrons. The molecule has 0 aromatic carbocycles. The van der Waals surface area contributed by atoms with Gasteiger partial charge in [0.05, 0.1) is 5.69 Å². The minimum Gasteiger partial charge on any atom is -0.340 e. The van der Waals surface area contributed by atoms with Crippen LogP contribution in [0.4, 0.5) is 5.95 Å². The van der Waals surface area contributed by atoms with Gasteiger partial charge in [-0.25, -0.2) is 4.98 Å². The van der Waals surface area contributed by atoms with Gasteiger partial charge in [-0.15, -0.1) is 11.3 Å². The molecule has 0 bridgehead atoms. The number of aromatic nitrogens is 2. The molecule has 25 heavy (non-hydrogen) atoms. The average Bonchev–Trinajstić information content (AvgIpc) is 3.00. The van der Waals surface area contributed by atoms with Crippen molar-refractivity contribution in [1.82, 2.24) is 14.9 Å². The Bertz CT molecular complexity index is 812. The summed E-state index contributed by atoms with van der Waals surface area (Å²) in [4.78, 5) is 26.6. The molecule has 1 saturated heterocycles. The third-order valence-electron chi connectivity index (χ3n) is 5.55. The normalized spacial score (nSPS) is 21.4. The highest BCUT2D eigenvalue weighted by molar-refractivity contribution is 7.10. The maximum absolute atomic E-state index is 12.6. The van der Waals surface area contributed by atoms with Crippen LogP contribution in [0.25, 0.3) is 0 Å². The van der Waals surface area contributed by atoms with Crippen LogP contribution >= 0.6 is 11.3 Å². The lowest BCUT2D eigenvalue weighted by Crippen LogP contribution is -2.41. The Morgan fingerprint density at radius 1 is 1.36 bits per heavy atom. The number of anilines is 1. The van der Waals surface area contributed by atoms with Gasteiger partial charge < -0.3 is 4.90 Å². The number of fused-ring (bicyclic) bond motifs is 1. The largest absolute Gasteiger partial charge is 0.340 e. The third-order valence-corrected chi connectivity index (χ3v) is 6.56. The number of rotatable bonds is 3. The number of H-pyrrole nitrogens is 1. The van der Waals surface area contributed by atoms with E-state index >= 15 is 0 Å². The molecule has 0 radical (unpaired) electrons. The number of hydrogen-bond donors (Lipinski definition) is 1. The summed E-state index contributed by atoms with van der Waals surface area (Å²) in [6.45, 7) is 8.03. The molecular weight excluding hydrogens is 332 g/mol. The van der Waals surface area contributed by atoms with E-state index in [4.69, 9.17) is 4.98 Å².